The van der Waals surface area contributed by atoms with Gasteiger partial charge in [0.1, 0.15) is 5.69 Å². The molecule has 1 aliphatic rings. The molecule has 3 aromatic rings. The maximum absolute atomic E-state index is 13.0. The Labute approximate surface area is 189 Å². The van der Waals surface area contributed by atoms with Crippen molar-refractivity contribution in [1.82, 2.24) is 20.4 Å². The van der Waals surface area contributed by atoms with Gasteiger partial charge in [0.05, 0.1) is 11.3 Å². The molecule has 2 amide bonds. The summed E-state index contributed by atoms with van der Waals surface area (Å²) < 4.78 is 1.74. The lowest BCUT2D eigenvalue weighted by atomic mass is 10.0. The molecule has 2 N–H and O–H groups in total. The van der Waals surface area contributed by atoms with Gasteiger partial charge in [-0.1, -0.05) is 62.2 Å². The van der Waals surface area contributed by atoms with Gasteiger partial charge in [0.2, 0.25) is 5.91 Å². The van der Waals surface area contributed by atoms with E-state index in [9.17, 15) is 9.59 Å². The summed E-state index contributed by atoms with van der Waals surface area (Å²) in [5, 5.41) is 10.6. The van der Waals surface area contributed by atoms with Crippen molar-refractivity contribution in [1.29, 1.82) is 0 Å². The first-order chi connectivity index (χ1) is 15.7. The van der Waals surface area contributed by atoms with Crippen LogP contribution < -0.4 is 10.6 Å². The number of benzene rings is 2. The maximum Gasteiger partial charge on any atom is 0.255 e. The number of carbonyl (C=O) groups excluding carboxylic acids is 2. The molecule has 1 aromatic heterocycles. The fourth-order valence-electron chi connectivity index (χ4n) is 4.15. The standard InChI is InChI=1S/C26H30N4O2/c1-2-19-12-14-20(15-13-19)24-23(18-30(29-24)22-10-4-3-5-11-22)26(32)28-17-16-27-25(31)21-8-6-7-9-21/h3-5,10-15,18,21H,2,6-9,16-17H2,1H3,(H,27,31)(H,28,32). The van der Waals surface area contributed by atoms with Gasteiger partial charge in [0.25, 0.3) is 5.91 Å². The summed E-state index contributed by atoms with van der Waals surface area (Å²) in [6.07, 6.45) is 6.92. The molecule has 6 heteroatoms. The van der Waals surface area contributed by atoms with Crippen LogP contribution in [0.25, 0.3) is 16.9 Å². The molecule has 4 rings (SSSR count). The van der Waals surface area contributed by atoms with Gasteiger partial charge in [-0.05, 0) is 37.0 Å². The van der Waals surface area contributed by atoms with Crippen LogP contribution in [0.1, 0.15) is 48.5 Å². The summed E-state index contributed by atoms with van der Waals surface area (Å²) >= 11 is 0. The van der Waals surface area contributed by atoms with Crippen LogP contribution in [0.2, 0.25) is 0 Å². The second-order valence-corrected chi connectivity index (χ2v) is 8.25. The van der Waals surface area contributed by atoms with E-state index in [0.717, 1.165) is 43.4 Å². The van der Waals surface area contributed by atoms with Gasteiger partial charge >= 0.3 is 0 Å². The highest BCUT2D eigenvalue weighted by Gasteiger charge is 2.22. The lowest BCUT2D eigenvalue weighted by molar-refractivity contribution is -0.124. The third-order valence-electron chi connectivity index (χ3n) is 6.05. The Morgan fingerprint density at radius 2 is 1.66 bits per heavy atom. The largest absolute Gasteiger partial charge is 0.354 e. The molecule has 6 nitrogen and oxygen atoms in total. The first-order valence-electron chi connectivity index (χ1n) is 11.5. The number of aryl methyl sites for hydroxylation is 1. The minimum absolute atomic E-state index is 0.102. The lowest BCUT2D eigenvalue weighted by Gasteiger charge is -2.11. The molecule has 166 valence electrons. The van der Waals surface area contributed by atoms with Crippen molar-refractivity contribution in [3.8, 4) is 16.9 Å². The van der Waals surface area contributed by atoms with Gasteiger partial charge in [-0.25, -0.2) is 4.68 Å². The zero-order valence-electron chi connectivity index (χ0n) is 18.5. The van der Waals surface area contributed by atoms with Crippen molar-refractivity contribution in [2.24, 2.45) is 5.92 Å². The first kappa shape index (κ1) is 21.8. The zero-order chi connectivity index (χ0) is 22.3. The Morgan fingerprint density at radius 3 is 2.34 bits per heavy atom. The number of para-hydroxylation sites is 1. The highest BCUT2D eigenvalue weighted by Crippen LogP contribution is 2.25. The number of aromatic nitrogens is 2. The maximum atomic E-state index is 13.0. The third kappa shape index (κ3) is 5.07. The Kier molecular flexibility index (Phi) is 7.00. The van der Waals surface area contributed by atoms with Crippen LogP contribution in [0.15, 0.2) is 60.8 Å². The van der Waals surface area contributed by atoms with Crippen molar-refractivity contribution >= 4 is 11.8 Å². The van der Waals surface area contributed by atoms with Gasteiger partial charge in [0.15, 0.2) is 0 Å². The Bertz CT molecular complexity index is 1050. The molecule has 1 heterocycles. The van der Waals surface area contributed by atoms with Gasteiger partial charge in [-0.3, -0.25) is 9.59 Å². The lowest BCUT2D eigenvalue weighted by Crippen LogP contribution is -2.37. The minimum atomic E-state index is -0.197. The smallest absolute Gasteiger partial charge is 0.255 e. The number of nitrogens with zero attached hydrogens (tertiary/aromatic N) is 2. The van der Waals surface area contributed by atoms with Crippen molar-refractivity contribution in [2.45, 2.75) is 39.0 Å². The van der Waals surface area contributed by atoms with E-state index >= 15 is 0 Å². The molecule has 0 spiro atoms. The normalized spacial score (nSPS) is 13.8. The summed E-state index contributed by atoms with van der Waals surface area (Å²) in [7, 11) is 0. The number of amides is 2. The van der Waals surface area contributed by atoms with E-state index in [-0.39, 0.29) is 17.7 Å². The van der Waals surface area contributed by atoms with Gasteiger partial charge in [-0.15, -0.1) is 0 Å². The highest BCUT2D eigenvalue weighted by molar-refractivity contribution is 6.00. The summed E-state index contributed by atoms with van der Waals surface area (Å²) in [6, 6.07) is 17.9. The van der Waals surface area contributed by atoms with Crippen molar-refractivity contribution < 1.29 is 9.59 Å². The molecule has 1 saturated carbocycles. The average Bonchev–Trinajstić information content (AvgIpc) is 3.53. The molecule has 0 radical (unpaired) electrons. The Morgan fingerprint density at radius 1 is 0.969 bits per heavy atom. The van der Waals surface area contributed by atoms with Crippen LogP contribution in [-0.2, 0) is 11.2 Å². The van der Waals surface area contributed by atoms with Gasteiger partial charge < -0.3 is 10.6 Å². The summed E-state index contributed by atoms with van der Waals surface area (Å²) in [5.41, 5.74) is 4.18. The second-order valence-electron chi connectivity index (χ2n) is 8.25. The molecular weight excluding hydrogens is 400 g/mol. The van der Waals surface area contributed by atoms with Crippen LogP contribution in [0.3, 0.4) is 0 Å². The Hall–Kier alpha value is -3.41. The van der Waals surface area contributed by atoms with E-state index in [4.69, 9.17) is 5.10 Å². The number of carbonyl (C=O) groups is 2. The zero-order valence-corrected chi connectivity index (χ0v) is 18.5. The van der Waals surface area contributed by atoms with Crippen LogP contribution in [0, 0.1) is 5.92 Å². The fraction of sp³-hybridized carbons (Fsp3) is 0.346. The SMILES string of the molecule is CCc1ccc(-c2nn(-c3ccccc3)cc2C(=O)NCCNC(=O)C2CCCC2)cc1. The average molecular weight is 431 g/mol. The molecule has 0 saturated heterocycles. The predicted octanol–water partition coefficient (Wildman–Crippen LogP) is 4.14. The number of rotatable bonds is 8. The van der Waals surface area contributed by atoms with Crippen molar-refractivity contribution in [3.63, 3.8) is 0 Å². The van der Waals surface area contributed by atoms with E-state index in [0.29, 0.717) is 24.3 Å². The number of nitrogens with one attached hydrogen (secondary N) is 2. The molecule has 0 bridgehead atoms. The third-order valence-corrected chi connectivity index (χ3v) is 6.05. The fourth-order valence-corrected chi connectivity index (χ4v) is 4.15. The van der Waals surface area contributed by atoms with E-state index in [1.165, 1.54) is 5.56 Å². The summed E-state index contributed by atoms with van der Waals surface area (Å²) in [4.78, 5) is 25.2. The first-order valence-corrected chi connectivity index (χ1v) is 11.5. The molecular formula is C26H30N4O2. The van der Waals surface area contributed by atoms with Crippen LogP contribution >= 0.6 is 0 Å². The number of hydrogen-bond donors (Lipinski definition) is 2. The van der Waals surface area contributed by atoms with E-state index in [1.54, 1.807) is 10.9 Å². The molecule has 32 heavy (non-hydrogen) atoms. The minimum Gasteiger partial charge on any atom is -0.354 e. The summed E-state index contributed by atoms with van der Waals surface area (Å²) in [5.74, 6) is 0.0368. The van der Waals surface area contributed by atoms with Gasteiger partial charge in [-0.2, -0.15) is 5.10 Å². The topological polar surface area (TPSA) is 76.0 Å². The predicted molar refractivity (Wildman–Crippen MR) is 126 cm³/mol. The molecule has 1 aliphatic carbocycles. The van der Waals surface area contributed by atoms with Crippen LogP contribution in [0.4, 0.5) is 0 Å². The highest BCUT2D eigenvalue weighted by atomic mass is 16.2. The molecule has 0 atom stereocenters. The molecule has 0 aliphatic heterocycles. The Balaban J connectivity index is 1.48. The molecule has 2 aromatic carbocycles. The monoisotopic (exact) mass is 430 g/mol. The van der Waals surface area contributed by atoms with Crippen molar-refractivity contribution in [2.75, 3.05) is 13.1 Å². The van der Waals surface area contributed by atoms with Crippen LogP contribution in [-0.4, -0.2) is 34.7 Å². The van der Waals surface area contributed by atoms with E-state index < -0.39 is 0 Å². The quantitative estimate of drug-likeness (QED) is 0.528. The molecule has 1 fully saturated rings. The molecule has 0 unspecified atom stereocenters. The van der Waals surface area contributed by atoms with E-state index in [1.807, 2.05) is 42.5 Å². The van der Waals surface area contributed by atoms with Crippen LogP contribution in [0.5, 0.6) is 0 Å². The number of hydrogen-bond acceptors (Lipinski definition) is 3. The van der Waals surface area contributed by atoms with Crippen molar-refractivity contribution in [3.05, 3.63) is 71.9 Å². The van der Waals surface area contributed by atoms with Gasteiger partial charge in [0, 0.05) is 30.8 Å². The summed E-state index contributed by atoms with van der Waals surface area (Å²) in [6.45, 7) is 2.92. The van der Waals surface area contributed by atoms with E-state index in [2.05, 4.69) is 29.7 Å². The second kappa shape index (κ2) is 10.3.